The lowest BCUT2D eigenvalue weighted by molar-refractivity contribution is -0.261. The summed E-state index contributed by atoms with van der Waals surface area (Å²) in [6.45, 7) is -0.548. The second-order valence-corrected chi connectivity index (χ2v) is 4.44. The number of alkyl halides is 1. The molecule has 5 atom stereocenters. The quantitative estimate of drug-likeness (QED) is 0.714. The highest BCUT2D eigenvalue weighted by Crippen LogP contribution is 2.27. The standard InChI is InChI=1S/C13H17FO6/c1-18-7-2-4-8(5-3-7)19-13-10(14)12(17)11(16)9(6-15)20-13/h2-5,9-13,15-17H,6H2,1H3/t9-,10-,11-,12-,13?/m1/s1. The molecule has 0 aliphatic carbocycles. The molecule has 1 aromatic rings. The maximum atomic E-state index is 13.9. The van der Waals surface area contributed by atoms with Crippen LogP contribution in [0.1, 0.15) is 0 Å². The van der Waals surface area contributed by atoms with E-state index in [9.17, 15) is 14.6 Å². The van der Waals surface area contributed by atoms with Gasteiger partial charge in [0.25, 0.3) is 0 Å². The molecule has 7 heteroatoms. The summed E-state index contributed by atoms with van der Waals surface area (Å²) in [5, 5.41) is 28.1. The number of methoxy groups -OCH3 is 1. The highest BCUT2D eigenvalue weighted by atomic mass is 19.1. The lowest BCUT2D eigenvalue weighted by atomic mass is 10.0. The molecule has 1 aromatic carbocycles. The van der Waals surface area contributed by atoms with Crippen molar-refractivity contribution in [1.82, 2.24) is 0 Å². The molecule has 1 heterocycles. The molecule has 1 saturated heterocycles. The van der Waals surface area contributed by atoms with Gasteiger partial charge in [-0.25, -0.2) is 4.39 Å². The fraction of sp³-hybridized carbons (Fsp3) is 0.538. The van der Waals surface area contributed by atoms with Crippen LogP contribution < -0.4 is 9.47 Å². The Kier molecular flexibility index (Phi) is 4.77. The van der Waals surface area contributed by atoms with E-state index in [-0.39, 0.29) is 0 Å². The van der Waals surface area contributed by atoms with Crippen molar-refractivity contribution in [2.75, 3.05) is 13.7 Å². The van der Waals surface area contributed by atoms with Crippen LogP contribution in [0, 0.1) is 0 Å². The summed E-state index contributed by atoms with van der Waals surface area (Å²) in [6.07, 6.45) is -7.59. The highest BCUT2D eigenvalue weighted by Gasteiger charge is 2.45. The molecule has 6 nitrogen and oxygen atoms in total. The second-order valence-electron chi connectivity index (χ2n) is 4.44. The first-order valence-corrected chi connectivity index (χ1v) is 6.14. The SMILES string of the molecule is COc1ccc(OC2O[C@H](CO)[C@@H](O)[C@H](O)[C@H]2F)cc1. The molecule has 0 amide bonds. The second kappa shape index (κ2) is 6.36. The van der Waals surface area contributed by atoms with Crippen molar-refractivity contribution < 1.29 is 33.9 Å². The Hall–Kier alpha value is -1.41. The van der Waals surface area contributed by atoms with E-state index in [2.05, 4.69) is 0 Å². The average Bonchev–Trinajstić information content (AvgIpc) is 2.48. The zero-order valence-corrected chi connectivity index (χ0v) is 10.8. The number of aliphatic hydroxyl groups is 3. The minimum Gasteiger partial charge on any atom is -0.497 e. The van der Waals surface area contributed by atoms with E-state index in [1.165, 1.54) is 7.11 Å². The van der Waals surface area contributed by atoms with Crippen molar-refractivity contribution in [3.63, 3.8) is 0 Å². The zero-order chi connectivity index (χ0) is 14.7. The summed E-state index contributed by atoms with van der Waals surface area (Å²) in [7, 11) is 1.52. The summed E-state index contributed by atoms with van der Waals surface area (Å²) in [5.41, 5.74) is 0. The van der Waals surface area contributed by atoms with Crippen LogP contribution in [0.25, 0.3) is 0 Å². The Morgan fingerprint density at radius 3 is 2.30 bits per heavy atom. The van der Waals surface area contributed by atoms with Gasteiger partial charge < -0.3 is 29.5 Å². The van der Waals surface area contributed by atoms with Gasteiger partial charge in [-0.15, -0.1) is 0 Å². The van der Waals surface area contributed by atoms with Gasteiger partial charge >= 0.3 is 0 Å². The third kappa shape index (κ3) is 3.01. The molecular formula is C13H17FO6. The van der Waals surface area contributed by atoms with E-state index in [4.69, 9.17) is 19.3 Å². The van der Waals surface area contributed by atoms with Crippen molar-refractivity contribution in [3.8, 4) is 11.5 Å². The minimum absolute atomic E-state index is 0.318. The van der Waals surface area contributed by atoms with Crippen molar-refractivity contribution in [2.24, 2.45) is 0 Å². The number of hydrogen-bond acceptors (Lipinski definition) is 6. The first kappa shape index (κ1) is 15.0. The molecule has 0 radical (unpaired) electrons. The Morgan fingerprint density at radius 1 is 1.15 bits per heavy atom. The lowest BCUT2D eigenvalue weighted by Crippen LogP contribution is -2.58. The van der Waals surface area contributed by atoms with Gasteiger partial charge in [-0.05, 0) is 24.3 Å². The van der Waals surface area contributed by atoms with Crippen LogP contribution in [0.5, 0.6) is 11.5 Å². The Balaban J connectivity index is 2.06. The zero-order valence-electron chi connectivity index (χ0n) is 10.8. The Labute approximate surface area is 115 Å². The predicted molar refractivity (Wildman–Crippen MR) is 66.3 cm³/mol. The lowest BCUT2D eigenvalue weighted by Gasteiger charge is -2.38. The number of hydrogen-bond donors (Lipinski definition) is 3. The smallest absolute Gasteiger partial charge is 0.234 e. The normalized spacial score (nSPS) is 33.8. The predicted octanol–water partition coefficient (Wildman–Crippen LogP) is -0.149. The van der Waals surface area contributed by atoms with Crippen molar-refractivity contribution in [1.29, 1.82) is 0 Å². The van der Waals surface area contributed by atoms with Gasteiger partial charge in [-0.2, -0.15) is 0 Å². The summed E-state index contributed by atoms with van der Waals surface area (Å²) in [4.78, 5) is 0. The molecule has 2 rings (SSSR count). The number of halogens is 1. The molecule has 1 aliphatic heterocycles. The van der Waals surface area contributed by atoms with Crippen LogP contribution in [-0.4, -0.2) is 59.8 Å². The number of benzene rings is 1. The third-order valence-electron chi connectivity index (χ3n) is 3.12. The van der Waals surface area contributed by atoms with Gasteiger partial charge in [0.15, 0.2) is 6.17 Å². The first-order valence-electron chi connectivity index (χ1n) is 6.14. The van der Waals surface area contributed by atoms with Gasteiger partial charge in [-0.1, -0.05) is 0 Å². The number of ether oxygens (including phenoxy) is 3. The minimum atomic E-state index is -1.92. The summed E-state index contributed by atoms with van der Waals surface area (Å²) < 4.78 is 29.2. The van der Waals surface area contributed by atoms with E-state index in [0.29, 0.717) is 11.5 Å². The fourth-order valence-corrected chi connectivity index (χ4v) is 1.93. The van der Waals surface area contributed by atoms with E-state index in [1.807, 2.05) is 0 Å². The molecule has 3 N–H and O–H groups in total. The van der Waals surface area contributed by atoms with E-state index >= 15 is 0 Å². The van der Waals surface area contributed by atoms with E-state index < -0.39 is 37.4 Å². The monoisotopic (exact) mass is 288 g/mol. The largest absolute Gasteiger partial charge is 0.497 e. The topological polar surface area (TPSA) is 88.4 Å². The molecule has 0 spiro atoms. The third-order valence-corrected chi connectivity index (χ3v) is 3.12. The van der Waals surface area contributed by atoms with E-state index in [0.717, 1.165) is 0 Å². The van der Waals surface area contributed by atoms with Crippen LogP contribution in [0.4, 0.5) is 4.39 Å². The van der Waals surface area contributed by atoms with Crippen LogP contribution in [0.2, 0.25) is 0 Å². The molecule has 112 valence electrons. The van der Waals surface area contributed by atoms with Gasteiger partial charge in [-0.3, -0.25) is 0 Å². The summed E-state index contributed by atoms with van der Waals surface area (Å²) in [6, 6.07) is 6.36. The van der Waals surface area contributed by atoms with Crippen LogP contribution in [0.3, 0.4) is 0 Å². The van der Waals surface area contributed by atoms with Crippen molar-refractivity contribution in [2.45, 2.75) is 30.8 Å². The van der Waals surface area contributed by atoms with Crippen molar-refractivity contribution >= 4 is 0 Å². The van der Waals surface area contributed by atoms with Gasteiger partial charge in [0.05, 0.1) is 13.7 Å². The van der Waals surface area contributed by atoms with Gasteiger partial charge in [0, 0.05) is 0 Å². The Bertz CT molecular complexity index is 423. The van der Waals surface area contributed by atoms with Crippen LogP contribution in [0.15, 0.2) is 24.3 Å². The molecule has 0 aromatic heterocycles. The summed E-state index contributed by atoms with van der Waals surface area (Å²) >= 11 is 0. The molecule has 1 aliphatic rings. The highest BCUT2D eigenvalue weighted by molar-refractivity contribution is 5.31. The number of aliphatic hydroxyl groups excluding tert-OH is 3. The first-order chi connectivity index (χ1) is 9.56. The molecule has 0 saturated carbocycles. The summed E-state index contributed by atoms with van der Waals surface area (Å²) in [5.74, 6) is 0.932. The van der Waals surface area contributed by atoms with Crippen LogP contribution in [-0.2, 0) is 4.74 Å². The molecule has 20 heavy (non-hydrogen) atoms. The molecule has 0 bridgehead atoms. The van der Waals surface area contributed by atoms with Crippen LogP contribution >= 0.6 is 0 Å². The molecule has 1 unspecified atom stereocenters. The fourth-order valence-electron chi connectivity index (χ4n) is 1.93. The molecule has 1 fully saturated rings. The van der Waals surface area contributed by atoms with Gasteiger partial charge in [0.2, 0.25) is 6.29 Å². The maximum absolute atomic E-state index is 13.9. The van der Waals surface area contributed by atoms with Crippen molar-refractivity contribution in [3.05, 3.63) is 24.3 Å². The molecular weight excluding hydrogens is 271 g/mol. The van der Waals surface area contributed by atoms with Gasteiger partial charge in [0.1, 0.15) is 29.8 Å². The number of rotatable bonds is 4. The van der Waals surface area contributed by atoms with E-state index in [1.54, 1.807) is 24.3 Å². The Morgan fingerprint density at radius 2 is 1.75 bits per heavy atom. The average molecular weight is 288 g/mol. The maximum Gasteiger partial charge on any atom is 0.234 e.